The normalized spacial score (nSPS) is 26.3. The minimum absolute atomic E-state index is 0.0145. The lowest BCUT2D eigenvalue weighted by molar-refractivity contribution is -0.141. The summed E-state index contributed by atoms with van der Waals surface area (Å²) < 4.78 is 0. The van der Waals surface area contributed by atoms with Crippen LogP contribution in [0.3, 0.4) is 0 Å². The van der Waals surface area contributed by atoms with Crippen molar-refractivity contribution in [3.63, 3.8) is 0 Å². The van der Waals surface area contributed by atoms with Crippen LogP contribution in [0, 0.1) is 5.92 Å². The Bertz CT molecular complexity index is 807. The molecule has 1 amide bonds. The van der Waals surface area contributed by atoms with Gasteiger partial charge in [-0.25, -0.2) is 9.78 Å². The SMILES string of the molecule is O=C(O)C1CC2CCCCC2N1C(=O)c1cnc2ccccc2n1. The van der Waals surface area contributed by atoms with Crippen molar-refractivity contribution in [1.29, 1.82) is 0 Å². The van der Waals surface area contributed by atoms with E-state index < -0.39 is 12.0 Å². The molecule has 0 spiro atoms. The van der Waals surface area contributed by atoms with E-state index in [1.54, 1.807) is 11.0 Å². The summed E-state index contributed by atoms with van der Waals surface area (Å²) in [7, 11) is 0. The molecule has 1 aliphatic heterocycles. The van der Waals surface area contributed by atoms with Crippen molar-refractivity contribution in [2.45, 2.75) is 44.2 Å². The summed E-state index contributed by atoms with van der Waals surface area (Å²) in [5, 5.41) is 9.57. The standard InChI is InChI=1S/C18H19N3O3/c22-17(14-10-19-12-6-2-3-7-13(12)20-14)21-15-8-4-1-5-11(15)9-16(21)18(23)24/h2-3,6-7,10-11,15-16H,1,4-5,8-9H2,(H,23,24). The Labute approximate surface area is 139 Å². The highest BCUT2D eigenvalue weighted by Crippen LogP contribution is 2.40. The van der Waals surface area contributed by atoms with Gasteiger partial charge in [-0.2, -0.15) is 0 Å². The second-order valence-electron chi connectivity index (χ2n) is 6.66. The highest BCUT2D eigenvalue weighted by atomic mass is 16.4. The highest BCUT2D eigenvalue weighted by Gasteiger charge is 2.48. The Morgan fingerprint density at radius 1 is 1.12 bits per heavy atom. The average Bonchev–Trinajstić information content (AvgIpc) is 3.00. The summed E-state index contributed by atoms with van der Waals surface area (Å²) in [5.41, 5.74) is 1.60. The lowest BCUT2D eigenvalue weighted by Crippen LogP contribution is -2.46. The maximum absolute atomic E-state index is 13.0. The predicted octanol–water partition coefficient (Wildman–Crippen LogP) is 2.49. The lowest BCUT2D eigenvalue weighted by Gasteiger charge is -2.32. The molecule has 24 heavy (non-hydrogen) atoms. The van der Waals surface area contributed by atoms with Crippen LogP contribution < -0.4 is 0 Å². The van der Waals surface area contributed by atoms with Gasteiger partial charge < -0.3 is 10.0 Å². The maximum atomic E-state index is 13.0. The molecule has 1 saturated carbocycles. The van der Waals surface area contributed by atoms with Crippen LogP contribution >= 0.6 is 0 Å². The van der Waals surface area contributed by atoms with Gasteiger partial charge in [-0.05, 0) is 37.3 Å². The van der Waals surface area contributed by atoms with Crippen molar-refractivity contribution in [1.82, 2.24) is 14.9 Å². The number of carbonyl (C=O) groups excluding carboxylic acids is 1. The maximum Gasteiger partial charge on any atom is 0.326 e. The van der Waals surface area contributed by atoms with Gasteiger partial charge in [0.1, 0.15) is 11.7 Å². The predicted molar refractivity (Wildman–Crippen MR) is 87.5 cm³/mol. The first-order valence-corrected chi connectivity index (χ1v) is 8.42. The molecule has 1 saturated heterocycles. The second-order valence-corrected chi connectivity index (χ2v) is 6.66. The number of benzene rings is 1. The minimum Gasteiger partial charge on any atom is -0.480 e. The zero-order valence-electron chi connectivity index (χ0n) is 13.3. The molecule has 2 aromatic rings. The number of para-hydroxylation sites is 2. The van der Waals surface area contributed by atoms with Gasteiger partial charge >= 0.3 is 5.97 Å². The molecule has 1 aliphatic carbocycles. The van der Waals surface area contributed by atoms with E-state index in [9.17, 15) is 14.7 Å². The van der Waals surface area contributed by atoms with Crippen LogP contribution in [0.15, 0.2) is 30.5 Å². The van der Waals surface area contributed by atoms with Gasteiger partial charge in [0.05, 0.1) is 17.2 Å². The van der Waals surface area contributed by atoms with Gasteiger partial charge in [-0.15, -0.1) is 0 Å². The monoisotopic (exact) mass is 325 g/mol. The number of aliphatic carboxylic acids is 1. The third kappa shape index (κ3) is 2.42. The number of carbonyl (C=O) groups is 2. The number of likely N-dealkylation sites (tertiary alicyclic amines) is 1. The van der Waals surface area contributed by atoms with Gasteiger partial charge in [0, 0.05) is 6.04 Å². The number of carboxylic acids is 1. The number of nitrogens with zero attached hydrogens (tertiary/aromatic N) is 3. The Hall–Kier alpha value is -2.50. The largest absolute Gasteiger partial charge is 0.480 e. The second kappa shape index (κ2) is 5.85. The number of fused-ring (bicyclic) bond motifs is 2. The van der Waals surface area contributed by atoms with Gasteiger partial charge in [0.25, 0.3) is 5.91 Å². The fourth-order valence-corrected chi connectivity index (χ4v) is 4.17. The number of hydrogen-bond donors (Lipinski definition) is 1. The van der Waals surface area contributed by atoms with E-state index in [1.807, 2.05) is 18.2 Å². The topological polar surface area (TPSA) is 83.4 Å². The number of carboxylic acid groups (broad SMARTS) is 1. The van der Waals surface area contributed by atoms with Gasteiger partial charge in [0.15, 0.2) is 0 Å². The number of rotatable bonds is 2. The van der Waals surface area contributed by atoms with Crippen molar-refractivity contribution in [3.05, 3.63) is 36.2 Å². The average molecular weight is 325 g/mol. The zero-order chi connectivity index (χ0) is 16.7. The summed E-state index contributed by atoms with van der Waals surface area (Å²) in [4.78, 5) is 34.9. The Kier molecular flexibility index (Phi) is 3.67. The Balaban J connectivity index is 1.70. The van der Waals surface area contributed by atoms with Crippen LogP contribution in [-0.4, -0.2) is 43.9 Å². The molecule has 1 aromatic carbocycles. The number of hydrogen-bond acceptors (Lipinski definition) is 4. The van der Waals surface area contributed by atoms with E-state index in [-0.39, 0.29) is 23.6 Å². The zero-order valence-corrected chi connectivity index (χ0v) is 13.3. The molecular weight excluding hydrogens is 306 g/mol. The minimum atomic E-state index is -0.925. The Morgan fingerprint density at radius 3 is 2.67 bits per heavy atom. The van der Waals surface area contributed by atoms with E-state index in [0.717, 1.165) is 31.2 Å². The summed E-state index contributed by atoms with van der Waals surface area (Å²) in [6, 6.07) is 6.62. The molecule has 2 fully saturated rings. The molecule has 6 heteroatoms. The van der Waals surface area contributed by atoms with Crippen molar-refractivity contribution in [3.8, 4) is 0 Å². The molecule has 1 aromatic heterocycles. The fraction of sp³-hybridized carbons (Fsp3) is 0.444. The summed E-state index contributed by atoms with van der Waals surface area (Å²) in [6.07, 6.45) is 6.04. The highest BCUT2D eigenvalue weighted by molar-refractivity contribution is 5.96. The molecule has 6 nitrogen and oxygen atoms in total. The molecule has 124 valence electrons. The van der Waals surface area contributed by atoms with Gasteiger partial charge in [-0.3, -0.25) is 9.78 Å². The number of aromatic nitrogens is 2. The molecule has 0 bridgehead atoms. The lowest BCUT2D eigenvalue weighted by atomic mass is 9.84. The molecule has 3 atom stereocenters. The van der Waals surface area contributed by atoms with Crippen LogP contribution in [-0.2, 0) is 4.79 Å². The molecule has 0 radical (unpaired) electrons. The van der Waals surface area contributed by atoms with Crippen LogP contribution in [0.25, 0.3) is 11.0 Å². The van der Waals surface area contributed by atoms with E-state index in [1.165, 1.54) is 6.20 Å². The quantitative estimate of drug-likeness (QED) is 0.917. The molecule has 3 unspecified atom stereocenters. The third-order valence-corrected chi connectivity index (χ3v) is 5.28. The van der Waals surface area contributed by atoms with Gasteiger partial charge in [0.2, 0.25) is 0 Å². The first-order valence-electron chi connectivity index (χ1n) is 8.42. The van der Waals surface area contributed by atoms with Crippen LogP contribution in [0.5, 0.6) is 0 Å². The summed E-state index contributed by atoms with van der Waals surface area (Å²) >= 11 is 0. The fourth-order valence-electron chi connectivity index (χ4n) is 4.17. The molecule has 2 heterocycles. The molecular formula is C18H19N3O3. The van der Waals surface area contributed by atoms with Crippen LogP contribution in [0.1, 0.15) is 42.6 Å². The molecule has 4 rings (SSSR count). The number of amides is 1. The van der Waals surface area contributed by atoms with Gasteiger partial charge in [-0.1, -0.05) is 25.0 Å². The van der Waals surface area contributed by atoms with Crippen molar-refractivity contribution < 1.29 is 14.7 Å². The summed E-state index contributed by atoms with van der Waals surface area (Å²) in [6.45, 7) is 0. The van der Waals surface area contributed by atoms with Crippen LogP contribution in [0.2, 0.25) is 0 Å². The Morgan fingerprint density at radius 2 is 1.88 bits per heavy atom. The van der Waals surface area contributed by atoms with E-state index >= 15 is 0 Å². The van der Waals surface area contributed by atoms with E-state index in [4.69, 9.17) is 0 Å². The molecule has 2 aliphatic rings. The van der Waals surface area contributed by atoms with Crippen molar-refractivity contribution >= 4 is 22.9 Å². The first kappa shape index (κ1) is 15.1. The van der Waals surface area contributed by atoms with Crippen LogP contribution in [0.4, 0.5) is 0 Å². The molecule has 1 N–H and O–H groups in total. The third-order valence-electron chi connectivity index (χ3n) is 5.28. The van der Waals surface area contributed by atoms with E-state index in [0.29, 0.717) is 11.9 Å². The summed E-state index contributed by atoms with van der Waals surface area (Å²) in [5.74, 6) is -0.946. The van der Waals surface area contributed by atoms with Crippen molar-refractivity contribution in [2.24, 2.45) is 5.92 Å². The van der Waals surface area contributed by atoms with Crippen molar-refractivity contribution in [2.75, 3.05) is 0 Å². The van der Waals surface area contributed by atoms with E-state index in [2.05, 4.69) is 9.97 Å². The first-order chi connectivity index (χ1) is 11.6. The smallest absolute Gasteiger partial charge is 0.326 e.